The molecule has 0 radical (unpaired) electrons. The number of hydrogen-bond acceptors (Lipinski definition) is 4. The van der Waals surface area contributed by atoms with Crippen LogP contribution in [0.1, 0.15) is 6.42 Å². The lowest BCUT2D eigenvalue weighted by Gasteiger charge is -2.06. The van der Waals surface area contributed by atoms with Crippen LogP contribution in [0.4, 0.5) is 0 Å². The van der Waals surface area contributed by atoms with E-state index in [0.29, 0.717) is 6.54 Å². The average molecular weight is 147 g/mol. The van der Waals surface area contributed by atoms with Crippen molar-refractivity contribution in [3.8, 4) is 0 Å². The van der Waals surface area contributed by atoms with Crippen LogP contribution in [0, 0.1) is 0 Å². The van der Waals surface area contributed by atoms with Gasteiger partial charge in [0.2, 0.25) is 0 Å². The second kappa shape index (κ2) is 5.20. The summed E-state index contributed by atoms with van der Waals surface area (Å²) in [7, 11) is 3.01. The molecule has 10 heavy (non-hydrogen) atoms. The fourth-order valence-electron chi connectivity index (χ4n) is 0.584. The molecule has 0 saturated carbocycles. The normalized spacial score (nSPS) is 12.7. The first kappa shape index (κ1) is 9.39. The van der Waals surface area contributed by atoms with E-state index in [0.717, 1.165) is 0 Å². The molecule has 4 nitrogen and oxygen atoms in total. The fraction of sp³-hybridized carbons (Fsp3) is 0.833. The molecule has 0 aromatic heterocycles. The minimum atomic E-state index is -0.641. The van der Waals surface area contributed by atoms with Crippen molar-refractivity contribution in [2.24, 2.45) is 0 Å². The number of likely N-dealkylation sites (N-methyl/N-ethyl adjacent to an activating group) is 1. The first-order chi connectivity index (χ1) is 4.70. The lowest BCUT2D eigenvalue weighted by atomic mass is 10.2. The highest BCUT2D eigenvalue weighted by molar-refractivity contribution is 5.69. The third-order valence-electron chi connectivity index (χ3n) is 1.07. The number of carbonyl (C=O) groups is 1. The number of ether oxygens (including phenoxy) is 1. The van der Waals surface area contributed by atoms with Crippen LogP contribution in [-0.4, -0.2) is 37.9 Å². The zero-order valence-corrected chi connectivity index (χ0v) is 6.26. The number of methoxy groups -OCH3 is 1. The Morgan fingerprint density at radius 1 is 1.80 bits per heavy atom. The highest BCUT2D eigenvalue weighted by Crippen LogP contribution is 1.90. The highest BCUT2D eigenvalue weighted by Gasteiger charge is 2.08. The molecule has 0 amide bonds. The van der Waals surface area contributed by atoms with Crippen molar-refractivity contribution in [1.29, 1.82) is 0 Å². The molecule has 0 heterocycles. The molecule has 0 aromatic rings. The number of aliphatic hydroxyl groups excluding tert-OH is 1. The number of rotatable bonds is 4. The summed E-state index contributed by atoms with van der Waals surface area (Å²) >= 11 is 0. The van der Waals surface area contributed by atoms with Gasteiger partial charge >= 0.3 is 5.97 Å². The number of nitrogens with one attached hydrogen (secondary N) is 1. The van der Waals surface area contributed by atoms with Gasteiger partial charge in [-0.1, -0.05) is 0 Å². The Morgan fingerprint density at radius 2 is 2.40 bits per heavy atom. The van der Waals surface area contributed by atoms with Gasteiger partial charge in [0.05, 0.1) is 19.6 Å². The van der Waals surface area contributed by atoms with Gasteiger partial charge in [-0.25, -0.2) is 0 Å². The summed E-state index contributed by atoms with van der Waals surface area (Å²) < 4.78 is 4.34. The first-order valence-corrected chi connectivity index (χ1v) is 3.10. The van der Waals surface area contributed by atoms with Crippen LogP contribution >= 0.6 is 0 Å². The van der Waals surface area contributed by atoms with Gasteiger partial charge in [-0.15, -0.1) is 0 Å². The molecule has 0 saturated heterocycles. The van der Waals surface area contributed by atoms with Crippen LogP contribution in [0.2, 0.25) is 0 Å². The Bertz CT molecular complexity index is 105. The second-order valence-corrected chi connectivity index (χ2v) is 1.99. The van der Waals surface area contributed by atoms with E-state index in [1.165, 1.54) is 7.11 Å². The van der Waals surface area contributed by atoms with E-state index < -0.39 is 6.10 Å². The number of hydrogen-bond donors (Lipinski definition) is 2. The Morgan fingerprint density at radius 3 is 2.80 bits per heavy atom. The molecule has 0 spiro atoms. The Labute approximate surface area is 60.2 Å². The molecule has 2 N–H and O–H groups in total. The van der Waals surface area contributed by atoms with E-state index >= 15 is 0 Å². The summed E-state index contributed by atoms with van der Waals surface area (Å²) in [6.07, 6.45) is -0.588. The fourth-order valence-corrected chi connectivity index (χ4v) is 0.584. The molecule has 0 rings (SSSR count). The van der Waals surface area contributed by atoms with Crippen molar-refractivity contribution in [3.63, 3.8) is 0 Å². The quantitative estimate of drug-likeness (QED) is 0.507. The van der Waals surface area contributed by atoms with Crippen molar-refractivity contribution in [2.75, 3.05) is 20.7 Å². The maximum absolute atomic E-state index is 10.5. The summed E-state index contributed by atoms with van der Waals surface area (Å²) in [4.78, 5) is 10.5. The Hall–Kier alpha value is -0.610. The average Bonchev–Trinajstić information content (AvgIpc) is 1.88. The van der Waals surface area contributed by atoms with Gasteiger partial charge in [0, 0.05) is 6.54 Å². The van der Waals surface area contributed by atoms with Crippen molar-refractivity contribution in [2.45, 2.75) is 12.5 Å². The SMILES string of the molecule is CNCC(O)CC(=O)OC. The molecule has 1 atom stereocenters. The van der Waals surface area contributed by atoms with Crippen LogP contribution in [-0.2, 0) is 9.53 Å². The van der Waals surface area contributed by atoms with Gasteiger partial charge in [-0.3, -0.25) is 4.79 Å². The van der Waals surface area contributed by atoms with Crippen LogP contribution in [0.5, 0.6) is 0 Å². The van der Waals surface area contributed by atoms with Crippen LogP contribution in [0.25, 0.3) is 0 Å². The Kier molecular flexibility index (Phi) is 4.88. The van der Waals surface area contributed by atoms with Crippen molar-refractivity contribution < 1.29 is 14.6 Å². The molecule has 0 aliphatic carbocycles. The second-order valence-electron chi connectivity index (χ2n) is 1.99. The smallest absolute Gasteiger partial charge is 0.308 e. The lowest BCUT2D eigenvalue weighted by Crippen LogP contribution is -2.26. The third kappa shape index (κ3) is 4.29. The van der Waals surface area contributed by atoms with E-state index in [-0.39, 0.29) is 12.4 Å². The van der Waals surface area contributed by atoms with Gasteiger partial charge in [-0.05, 0) is 7.05 Å². The minimum Gasteiger partial charge on any atom is -0.469 e. The molecular formula is C6H13NO3. The number of aliphatic hydroxyl groups is 1. The van der Waals surface area contributed by atoms with Crippen molar-refractivity contribution in [1.82, 2.24) is 5.32 Å². The van der Waals surface area contributed by atoms with Crippen LogP contribution < -0.4 is 5.32 Å². The van der Waals surface area contributed by atoms with Crippen molar-refractivity contribution >= 4 is 5.97 Å². The maximum Gasteiger partial charge on any atom is 0.308 e. The molecule has 0 aliphatic heterocycles. The molecule has 0 bridgehead atoms. The van der Waals surface area contributed by atoms with Gasteiger partial charge in [0.15, 0.2) is 0 Å². The Balaban J connectivity index is 3.37. The summed E-state index contributed by atoms with van der Waals surface area (Å²) in [6.45, 7) is 0.412. The predicted octanol–water partition coefficient (Wildman–Crippen LogP) is -0.870. The molecule has 0 aromatic carbocycles. The maximum atomic E-state index is 10.5. The molecule has 60 valence electrons. The zero-order chi connectivity index (χ0) is 7.98. The van der Waals surface area contributed by atoms with Crippen molar-refractivity contribution in [3.05, 3.63) is 0 Å². The molecule has 0 fully saturated rings. The van der Waals surface area contributed by atoms with E-state index in [1.54, 1.807) is 7.05 Å². The predicted molar refractivity (Wildman–Crippen MR) is 36.6 cm³/mol. The van der Waals surface area contributed by atoms with E-state index in [1.807, 2.05) is 0 Å². The third-order valence-corrected chi connectivity index (χ3v) is 1.07. The summed E-state index contributed by atoms with van der Waals surface area (Å²) in [5, 5.41) is 11.7. The first-order valence-electron chi connectivity index (χ1n) is 3.10. The lowest BCUT2D eigenvalue weighted by molar-refractivity contribution is -0.142. The number of esters is 1. The summed E-state index contributed by atoms with van der Waals surface area (Å²) in [5.74, 6) is -0.386. The van der Waals surface area contributed by atoms with Crippen LogP contribution in [0.3, 0.4) is 0 Å². The van der Waals surface area contributed by atoms with E-state index in [2.05, 4.69) is 10.1 Å². The molecule has 4 heteroatoms. The van der Waals surface area contributed by atoms with Gasteiger partial charge in [0.1, 0.15) is 0 Å². The largest absolute Gasteiger partial charge is 0.469 e. The highest BCUT2D eigenvalue weighted by atomic mass is 16.5. The summed E-state index contributed by atoms with van der Waals surface area (Å²) in [6, 6.07) is 0. The van der Waals surface area contributed by atoms with E-state index in [4.69, 9.17) is 5.11 Å². The topological polar surface area (TPSA) is 58.6 Å². The molecular weight excluding hydrogens is 134 g/mol. The summed E-state index contributed by atoms with van der Waals surface area (Å²) in [5.41, 5.74) is 0. The van der Waals surface area contributed by atoms with Gasteiger partial charge in [0.25, 0.3) is 0 Å². The van der Waals surface area contributed by atoms with Gasteiger partial charge < -0.3 is 15.2 Å². The van der Waals surface area contributed by atoms with E-state index in [9.17, 15) is 4.79 Å². The minimum absolute atomic E-state index is 0.0529. The molecule has 1 unspecified atom stereocenters. The standard InChI is InChI=1S/C6H13NO3/c1-7-4-5(8)3-6(9)10-2/h5,7-8H,3-4H2,1-2H3. The number of carbonyl (C=O) groups excluding carboxylic acids is 1. The van der Waals surface area contributed by atoms with Crippen LogP contribution in [0.15, 0.2) is 0 Å². The molecule has 0 aliphatic rings. The van der Waals surface area contributed by atoms with Gasteiger partial charge in [-0.2, -0.15) is 0 Å². The zero-order valence-electron chi connectivity index (χ0n) is 6.26. The monoisotopic (exact) mass is 147 g/mol.